The number of anilines is 1. The molecule has 35 heavy (non-hydrogen) atoms. The largest absolute Gasteiger partial charge is 0.354 e. The molecule has 2 rings (SSSR count). The molecule has 0 aliphatic carbocycles. The van der Waals surface area contributed by atoms with Crippen molar-refractivity contribution in [1.29, 1.82) is 0 Å². The second-order valence-corrected chi connectivity index (χ2v) is 10.9. The molecule has 1 atom stereocenters. The fraction of sp³-hybridized carbons (Fsp3) is 0.481. The predicted octanol–water partition coefficient (Wildman–Crippen LogP) is 4.18. The summed E-state index contributed by atoms with van der Waals surface area (Å²) in [5.74, 6) is -0.365. The Morgan fingerprint density at radius 2 is 1.69 bits per heavy atom. The minimum atomic E-state index is -3.51. The third-order valence-electron chi connectivity index (χ3n) is 6.12. The molecular weight excluding hydrogens is 462 g/mol. The van der Waals surface area contributed by atoms with Crippen LogP contribution < -0.4 is 9.62 Å². The summed E-state index contributed by atoms with van der Waals surface area (Å²) in [6.45, 7) is 8.78. The summed E-state index contributed by atoms with van der Waals surface area (Å²) in [6.07, 6.45) is 3.50. The Balaban J connectivity index is 2.13. The van der Waals surface area contributed by atoms with Gasteiger partial charge >= 0.3 is 0 Å². The SMILES string of the molecule is CCCCNC(=O)C(C)N(Cc1ccccc1)C(=O)CCCN(c1ccc(C)c(C)c1)S(C)(=O)=O. The number of aryl methyl sites for hydroxylation is 2. The highest BCUT2D eigenvalue weighted by Gasteiger charge is 2.26. The van der Waals surface area contributed by atoms with Gasteiger partial charge in [0, 0.05) is 26.1 Å². The third kappa shape index (κ3) is 8.69. The first-order chi connectivity index (χ1) is 16.5. The van der Waals surface area contributed by atoms with Gasteiger partial charge in [-0.15, -0.1) is 0 Å². The molecule has 192 valence electrons. The number of nitrogens with one attached hydrogen (secondary N) is 1. The molecule has 1 N–H and O–H groups in total. The van der Waals surface area contributed by atoms with E-state index in [-0.39, 0.29) is 24.8 Å². The van der Waals surface area contributed by atoms with Gasteiger partial charge in [0.2, 0.25) is 21.8 Å². The third-order valence-corrected chi connectivity index (χ3v) is 7.32. The van der Waals surface area contributed by atoms with Gasteiger partial charge in [-0.25, -0.2) is 8.42 Å². The molecule has 0 radical (unpaired) electrons. The number of amides is 2. The summed E-state index contributed by atoms with van der Waals surface area (Å²) in [7, 11) is -3.51. The highest BCUT2D eigenvalue weighted by Crippen LogP contribution is 2.22. The van der Waals surface area contributed by atoms with Crippen LogP contribution in [0.5, 0.6) is 0 Å². The molecule has 2 aromatic rings. The minimum absolute atomic E-state index is 0.135. The smallest absolute Gasteiger partial charge is 0.242 e. The van der Waals surface area contributed by atoms with Crippen molar-refractivity contribution < 1.29 is 18.0 Å². The summed E-state index contributed by atoms with van der Waals surface area (Å²) in [5.41, 5.74) is 3.61. The van der Waals surface area contributed by atoms with Crippen molar-refractivity contribution in [3.8, 4) is 0 Å². The standard InChI is InChI=1S/C27H39N3O4S/c1-6-7-17-28-27(32)23(4)29(20-24-12-9-8-10-13-24)26(31)14-11-18-30(35(5,33)34)25-16-15-21(2)22(3)19-25/h8-10,12-13,15-16,19,23H,6-7,11,14,17-18,20H2,1-5H3,(H,28,32). The lowest BCUT2D eigenvalue weighted by Crippen LogP contribution is -2.47. The van der Waals surface area contributed by atoms with Gasteiger partial charge in [-0.05, 0) is 62.4 Å². The topological polar surface area (TPSA) is 86.8 Å². The number of carbonyl (C=O) groups is 2. The number of benzene rings is 2. The zero-order valence-electron chi connectivity index (χ0n) is 21.6. The van der Waals surface area contributed by atoms with Crippen molar-refractivity contribution in [3.63, 3.8) is 0 Å². The second kappa shape index (κ2) is 13.3. The van der Waals surface area contributed by atoms with E-state index in [2.05, 4.69) is 12.2 Å². The molecule has 2 aromatic carbocycles. The number of carbonyl (C=O) groups excluding carboxylic acids is 2. The molecule has 0 fully saturated rings. The van der Waals surface area contributed by atoms with Crippen LogP contribution in [0.1, 0.15) is 56.2 Å². The van der Waals surface area contributed by atoms with E-state index >= 15 is 0 Å². The molecule has 1 unspecified atom stereocenters. The van der Waals surface area contributed by atoms with Crippen molar-refractivity contribution in [2.75, 3.05) is 23.7 Å². The molecule has 0 spiro atoms. The maximum Gasteiger partial charge on any atom is 0.242 e. The van der Waals surface area contributed by atoms with Gasteiger partial charge in [0.1, 0.15) is 6.04 Å². The van der Waals surface area contributed by atoms with Gasteiger partial charge in [0.15, 0.2) is 0 Å². The van der Waals surface area contributed by atoms with Crippen LogP contribution in [-0.4, -0.2) is 50.5 Å². The average Bonchev–Trinajstić information content (AvgIpc) is 2.81. The Kier molecular flexibility index (Phi) is 10.8. The maximum atomic E-state index is 13.3. The summed E-state index contributed by atoms with van der Waals surface area (Å²) < 4.78 is 26.3. The summed E-state index contributed by atoms with van der Waals surface area (Å²) >= 11 is 0. The van der Waals surface area contributed by atoms with Crippen LogP contribution in [0.2, 0.25) is 0 Å². The predicted molar refractivity (Wildman–Crippen MR) is 142 cm³/mol. The highest BCUT2D eigenvalue weighted by atomic mass is 32.2. The lowest BCUT2D eigenvalue weighted by molar-refractivity contribution is -0.140. The molecule has 8 heteroatoms. The summed E-state index contributed by atoms with van der Waals surface area (Å²) in [5, 5.41) is 2.91. The van der Waals surface area contributed by atoms with Crippen LogP contribution in [-0.2, 0) is 26.2 Å². The number of hydrogen-bond acceptors (Lipinski definition) is 4. The normalized spacial score (nSPS) is 12.1. The van der Waals surface area contributed by atoms with Crippen LogP contribution in [0.15, 0.2) is 48.5 Å². The molecular formula is C27H39N3O4S. The van der Waals surface area contributed by atoms with Crippen molar-refractivity contribution in [1.82, 2.24) is 10.2 Å². The van der Waals surface area contributed by atoms with Gasteiger partial charge in [-0.2, -0.15) is 0 Å². The van der Waals surface area contributed by atoms with Crippen LogP contribution in [0, 0.1) is 13.8 Å². The van der Waals surface area contributed by atoms with E-state index in [1.807, 2.05) is 56.3 Å². The Morgan fingerprint density at radius 1 is 1.00 bits per heavy atom. The molecule has 0 saturated carbocycles. The van der Waals surface area contributed by atoms with E-state index in [0.717, 1.165) is 29.5 Å². The summed E-state index contributed by atoms with van der Waals surface area (Å²) in [4.78, 5) is 27.6. The Morgan fingerprint density at radius 3 is 2.29 bits per heavy atom. The van der Waals surface area contributed by atoms with Crippen molar-refractivity contribution in [2.45, 2.75) is 66.0 Å². The van der Waals surface area contributed by atoms with Crippen LogP contribution in [0.3, 0.4) is 0 Å². The van der Waals surface area contributed by atoms with E-state index in [1.165, 1.54) is 10.6 Å². The average molecular weight is 502 g/mol. The van der Waals surface area contributed by atoms with Crippen molar-refractivity contribution in [3.05, 3.63) is 65.2 Å². The number of rotatable bonds is 13. The monoisotopic (exact) mass is 501 g/mol. The number of unbranched alkanes of at least 4 members (excludes halogenated alkanes) is 1. The van der Waals surface area contributed by atoms with E-state index in [0.29, 0.717) is 25.2 Å². The van der Waals surface area contributed by atoms with E-state index in [1.54, 1.807) is 17.9 Å². The lowest BCUT2D eigenvalue weighted by atomic mass is 10.1. The van der Waals surface area contributed by atoms with E-state index in [9.17, 15) is 18.0 Å². The van der Waals surface area contributed by atoms with Gasteiger partial charge in [-0.3, -0.25) is 13.9 Å². The highest BCUT2D eigenvalue weighted by molar-refractivity contribution is 7.92. The second-order valence-electron chi connectivity index (χ2n) is 9.04. The quantitative estimate of drug-likeness (QED) is 0.417. The molecule has 0 aliphatic heterocycles. The van der Waals surface area contributed by atoms with Crippen LogP contribution in [0.25, 0.3) is 0 Å². The van der Waals surface area contributed by atoms with Crippen LogP contribution >= 0.6 is 0 Å². The van der Waals surface area contributed by atoms with Crippen LogP contribution in [0.4, 0.5) is 5.69 Å². The van der Waals surface area contributed by atoms with E-state index in [4.69, 9.17) is 0 Å². The Labute approximate surface area is 210 Å². The molecule has 0 saturated heterocycles. The van der Waals surface area contributed by atoms with Crippen molar-refractivity contribution >= 4 is 27.5 Å². The molecule has 0 heterocycles. The minimum Gasteiger partial charge on any atom is -0.354 e. The molecule has 0 aliphatic rings. The Hall–Kier alpha value is -2.87. The molecule has 7 nitrogen and oxygen atoms in total. The summed E-state index contributed by atoms with van der Waals surface area (Å²) in [6, 6.07) is 14.5. The number of nitrogens with zero attached hydrogens (tertiary/aromatic N) is 2. The van der Waals surface area contributed by atoms with Crippen molar-refractivity contribution in [2.24, 2.45) is 0 Å². The first kappa shape index (κ1) is 28.4. The molecule has 0 bridgehead atoms. The lowest BCUT2D eigenvalue weighted by Gasteiger charge is -2.29. The van der Waals surface area contributed by atoms with Gasteiger partial charge in [0.05, 0.1) is 11.9 Å². The fourth-order valence-corrected chi connectivity index (χ4v) is 4.74. The number of hydrogen-bond donors (Lipinski definition) is 1. The maximum absolute atomic E-state index is 13.3. The Bertz CT molecular complexity index is 1090. The van der Waals surface area contributed by atoms with Gasteiger partial charge < -0.3 is 10.2 Å². The number of sulfonamides is 1. The van der Waals surface area contributed by atoms with Gasteiger partial charge in [-0.1, -0.05) is 49.7 Å². The fourth-order valence-electron chi connectivity index (χ4n) is 3.78. The first-order valence-corrected chi connectivity index (χ1v) is 14.1. The molecule has 2 amide bonds. The molecule has 0 aromatic heterocycles. The van der Waals surface area contributed by atoms with Gasteiger partial charge in [0.25, 0.3) is 0 Å². The zero-order valence-corrected chi connectivity index (χ0v) is 22.4. The zero-order chi connectivity index (χ0) is 26.0. The van der Waals surface area contributed by atoms with E-state index < -0.39 is 16.1 Å². The first-order valence-electron chi connectivity index (χ1n) is 12.2.